The topological polar surface area (TPSA) is 45.5 Å². The van der Waals surface area contributed by atoms with Crippen molar-refractivity contribution < 1.29 is 14.2 Å². The molecule has 0 bridgehead atoms. The van der Waals surface area contributed by atoms with Gasteiger partial charge < -0.3 is 14.2 Å². The van der Waals surface area contributed by atoms with E-state index >= 15 is 0 Å². The predicted molar refractivity (Wildman–Crippen MR) is 78.7 cm³/mol. The third-order valence-electron chi connectivity index (χ3n) is 3.35. The predicted octanol–water partition coefficient (Wildman–Crippen LogP) is 2.71. The van der Waals surface area contributed by atoms with E-state index in [1.807, 2.05) is 62.0 Å². The van der Waals surface area contributed by atoms with E-state index < -0.39 is 5.79 Å². The molecule has 1 aliphatic rings. The molecule has 1 aromatic heterocycles. The van der Waals surface area contributed by atoms with Crippen molar-refractivity contribution >= 4 is 0 Å². The van der Waals surface area contributed by atoms with Crippen molar-refractivity contribution in [1.29, 1.82) is 0 Å². The first-order chi connectivity index (χ1) is 10.0. The van der Waals surface area contributed by atoms with E-state index in [0.717, 1.165) is 11.3 Å². The van der Waals surface area contributed by atoms with Crippen LogP contribution >= 0.6 is 0 Å². The van der Waals surface area contributed by atoms with Gasteiger partial charge in [0.15, 0.2) is 5.79 Å². The molecule has 0 N–H and O–H groups in total. The van der Waals surface area contributed by atoms with Crippen molar-refractivity contribution in [3.8, 4) is 11.6 Å². The Balaban J connectivity index is 1.66. The van der Waals surface area contributed by atoms with Crippen molar-refractivity contribution in [2.24, 2.45) is 0 Å². The van der Waals surface area contributed by atoms with Gasteiger partial charge in [-0.1, -0.05) is 18.2 Å². The highest BCUT2D eigenvalue weighted by molar-refractivity contribution is 5.34. The summed E-state index contributed by atoms with van der Waals surface area (Å²) in [5.41, 5.74) is 2.01. The SMILES string of the molecule is Cc1cn(-c2ccccc2)nc1OC[C@@H]1COC(C)(C)O1. The molecule has 2 heterocycles. The maximum Gasteiger partial charge on any atom is 0.236 e. The lowest BCUT2D eigenvalue weighted by molar-refractivity contribution is -0.141. The number of rotatable bonds is 4. The summed E-state index contributed by atoms with van der Waals surface area (Å²) in [6.07, 6.45) is 1.90. The van der Waals surface area contributed by atoms with Crippen LogP contribution in [0.5, 0.6) is 5.88 Å². The highest BCUT2D eigenvalue weighted by Crippen LogP contribution is 2.24. The Morgan fingerprint density at radius 2 is 2.10 bits per heavy atom. The third kappa shape index (κ3) is 3.25. The lowest BCUT2D eigenvalue weighted by atomic mass is 10.3. The summed E-state index contributed by atoms with van der Waals surface area (Å²) in [6.45, 7) is 6.78. The second kappa shape index (κ2) is 5.50. The van der Waals surface area contributed by atoms with E-state index in [0.29, 0.717) is 19.1 Å². The molecule has 5 nitrogen and oxygen atoms in total. The lowest BCUT2D eigenvalue weighted by Crippen LogP contribution is -2.25. The molecule has 0 aliphatic carbocycles. The van der Waals surface area contributed by atoms with Crippen LogP contribution in [0.1, 0.15) is 19.4 Å². The van der Waals surface area contributed by atoms with E-state index in [-0.39, 0.29) is 6.10 Å². The summed E-state index contributed by atoms with van der Waals surface area (Å²) in [5.74, 6) is 0.110. The summed E-state index contributed by atoms with van der Waals surface area (Å²) in [4.78, 5) is 0. The van der Waals surface area contributed by atoms with Crippen LogP contribution in [0.15, 0.2) is 36.5 Å². The van der Waals surface area contributed by atoms with Gasteiger partial charge in [-0.15, -0.1) is 5.10 Å². The minimum Gasteiger partial charge on any atom is -0.474 e. The van der Waals surface area contributed by atoms with Gasteiger partial charge in [0.2, 0.25) is 5.88 Å². The Morgan fingerprint density at radius 1 is 1.33 bits per heavy atom. The zero-order valence-corrected chi connectivity index (χ0v) is 12.6. The first kappa shape index (κ1) is 14.1. The van der Waals surface area contributed by atoms with Crippen molar-refractivity contribution in [1.82, 2.24) is 9.78 Å². The standard InChI is InChI=1S/C16H20N2O3/c1-12-9-18(13-7-5-4-6-8-13)17-15(12)19-10-14-11-20-16(2,3)21-14/h4-9,14H,10-11H2,1-3H3/t14-/m1/s1. The molecule has 0 saturated carbocycles. The van der Waals surface area contributed by atoms with Crippen molar-refractivity contribution in [2.75, 3.05) is 13.2 Å². The third-order valence-corrected chi connectivity index (χ3v) is 3.35. The zero-order chi connectivity index (χ0) is 14.9. The number of hydrogen-bond acceptors (Lipinski definition) is 4. The van der Waals surface area contributed by atoms with Crippen LogP contribution in [-0.4, -0.2) is 34.9 Å². The molecular weight excluding hydrogens is 268 g/mol. The van der Waals surface area contributed by atoms with Crippen LogP contribution in [0, 0.1) is 6.92 Å². The number of aryl methyl sites for hydroxylation is 1. The molecule has 0 amide bonds. The van der Waals surface area contributed by atoms with Crippen molar-refractivity contribution in [3.63, 3.8) is 0 Å². The number of ether oxygens (including phenoxy) is 3. The second-order valence-electron chi connectivity index (χ2n) is 5.66. The van der Waals surface area contributed by atoms with Crippen molar-refractivity contribution in [2.45, 2.75) is 32.7 Å². The molecule has 1 atom stereocenters. The molecule has 5 heteroatoms. The molecular formula is C16H20N2O3. The lowest BCUT2D eigenvalue weighted by Gasteiger charge is -2.17. The van der Waals surface area contributed by atoms with Gasteiger partial charge in [0.1, 0.15) is 12.7 Å². The molecule has 1 aromatic carbocycles. The molecule has 21 heavy (non-hydrogen) atoms. The first-order valence-electron chi connectivity index (χ1n) is 7.10. The van der Waals surface area contributed by atoms with Gasteiger partial charge in [0, 0.05) is 11.8 Å². The fraction of sp³-hybridized carbons (Fsp3) is 0.438. The summed E-state index contributed by atoms with van der Waals surface area (Å²) >= 11 is 0. The van der Waals surface area contributed by atoms with Gasteiger partial charge >= 0.3 is 0 Å². The number of hydrogen-bond donors (Lipinski definition) is 0. The molecule has 0 spiro atoms. The van der Waals surface area contributed by atoms with E-state index in [2.05, 4.69) is 5.10 Å². The maximum absolute atomic E-state index is 5.78. The summed E-state index contributed by atoms with van der Waals surface area (Å²) in [7, 11) is 0. The number of aromatic nitrogens is 2. The largest absolute Gasteiger partial charge is 0.474 e. The molecule has 2 aromatic rings. The van der Waals surface area contributed by atoms with E-state index in [9.17, 15) is 0 Å². The fourth-order valence-corrected chi connectivity index (χ4v) is 2.32. The van der Waals surface area contributed by atoms with E-state index in [1.165, 1.54) is 0 Å². The van der Waals surface area contributed by atoms with Crippen LogP contribution in [0.25, 0.3) is 5.69 Å². The Kier molecular flexibility index (Phi) is 3.69. The minimum atomic E-state index is -0.521. The Bertz CT molecular complexity index is 607. The van der Waals surface area contributed by atoms with E-state index in [1.54, 1.807) is 0 Å². The maximum atomic E-state index is 5.78. The first-order valence-corrected chi connectivity index (χ1v) is 7.10. The summed E-state index contributed by atoms with van der Waals surface area (Å²) in [5, 5.41) is 4.48. The fourth-order valence-electron chi connectivity index (χ4n) is 2.32. The normalized spacial score (nSPS) is 20.6. The van der Waals surface area contributed by atoms with Crippen LogP contribution in [-0.2, 0) is 9.47 Å². The number of nitrogens with zero attached hydrogens (tertiary/aromatic N) is 2. The van der Waals surface area contributed by atoms with Crippen LogP contribution in [0.2, 0.25) is 0 Å². The van der Waals surface area contributed by atoms with Crippen LogP contribution in [0.4, 0.5) is 0 Å². The van der Waals surface area contributed by atoms with Gasteiger partial charge in [-0.2, -0.15) is 0 Å². The monoisotopic (exact) mass is 288 g/mol. The smallest absolute Gasteiger partial charge is 0.236 e. The van der Waals surface area contributed by atoms with Gasteiger partial charge in [-0.25, -0.2) is 4.68 Å². The quantitative estimate of drug-likeness (QED) is 0.868. The highest BCUT2D eigenvalue weighted by atomic mass is 16.7. The molecule has 1 saturated heterocycles. The number of benzene rings is 1. The van der Waals surface area contributed by atoms with Gasteiger partial charge in [0.25, 0.3) is 0 Å². The van der Waals surface area contributed by atoms with Crippen LogP contribution in [0.3, 0.4) is 0 Å². The second-order valence-corrected chi connectivity index (χ2v) is 5.66. The molecule has 0 unspecified atom stereocenters. The van der Waals surface area contributed by atoms with Gasteiger partial charge in [-0.05, 0) is 32.9 Å². The number of para-hydroxylation sites is 1. The van der Waals surface area contributed by atoms with E-state index in [4.69, 9.17) is 14.2 Å². The highest BCUT2D eigenvalue weighted by Gasteiger charge is 2.33. The van der Waals surface area contributed by atoms with Gasteiger partial charge in [0.05, 0.1) is 12.3 Å². The Labute approximate surface area is 124 Å². The molecule has 0 radical (unpaired) electrons. The molecule has 3 rings (SSSR count). The molecule has 112 valence electrons. The Morgan fingerprint density at radius 3 is 2.76 bits per heavy atom. The summed E-state index contributed by atoms with van der Waals surface area (Å²) in [6, 6.07) is 9.97. The zero-order valence-electron chi connectivity index (χ0n) is 12.6. The summed E-state index contributed by atoms with van der Waals surface area (Å²) < 4.78 is 18.8. The van der Waals surface area contributed by atoms with Gasteiger partial charge in [-0.3, -0.25) is 0 Å². The Hall–Kier alpha value is -1.85. The molecule has 1 fully saturated rings. The average Bonchev–Trinajstić information content (AvgIpc) is 3.00. The van der Waals surface area contributed by atoms with Crippen molar-refractivity contribution in [3.05, 3.63) is 42.1 Å². The van der Waals surface area contributed by atoms with Crippen LogP contribution < -0.4 is 4.74 Å². The average molecular weight is 288 g/mol. The molecule has 1 aliphatic heterocycles. The minimum absolute atomic E-state index is 0.0544.